The molecule has 0 radical (unpaired) electrons. The zero-order valence-electron chi connectivity index (χ0n) is 8.66. The maximum absolute atomic E-state index is 11.9. The molecule has 2 aromatic rings. The van der Waals surface area contributed by atoms with E-state index in [0.717, 1.165) is 40.8 Å². The third kappa shape index (κ3) is 1.45. The molecule has 0 fully saturated rings. The molecular weight excluding hydrogens is 268 g/mol. The first-order valence-corrected chi connectivity index (χ1v) is 6.14. The molecule has 0 aliphatic heterocycles. The Kier molecular flexibility index (Phi) is 2.24. The SMILES string of the molecule is O=c1[nH]c2c(n1-c1cccc(Br)c1)CCC2. The van der Waals surface area contributed by atoms with Gasteiger partial charge in [-0.25, -0.2) is 4.79 Å². The van der Waals surface area contributed by atoms with Crippen LogP contribution >= 0.6 is 15.9 Å². The van der Waals surface area contributed by atoms with Gasteiger partial charge in [-0.05, 0) is 37.5 Å². The number of H-pyrrole nitrogens is 1. The van der Waals surface area contributed by atoms with Crippen LogP contribution < -0.4 is 5.69 Å². The largest absolute Gasteiger partial charge is 0.330 e. The van der Waals surface area contributed by atoms with Crippen LogP contribution in [0.4, 0.5) is 0 Å². The van der Waals surface area contributed by atoms with Gasteiger partial charge in [-0.15, -0.1) is 0 Å². The molecule has 0 spiro atoms. The van der Waals surface area contributed by atoms with Gasteiger partial charge >= 0.3 is 5.69 Å². The number of imidazole rings is 1. The molecule has 16 heavy (non-hydrogen) atoms. The second-order valence-corrected chi connectivity index (χ2v) is 4.94. The molecular formula is C12H11BrN2O. The van der Waals surface area contributed by atoms with Gasteiger partial charge in [0.05, 0.1) is 5.69 Å². The Labute approximate surface area is 101 Å². The van der Waals surface area contributed by atoms with E-state index in [4.69, 9.17) is 0 Å². The summed E-state index contributed by atoms with van der Waals surface area (Å²) in [4.78, 5) is 14.8. The smallest absolute Gasteiger partial charge is 0.309 e. The van der Waals surface area contributed by atoms with Gasteiger partial charge in [-0.3, -0.25) is 4.57 Å². The van der Waals surface area contributed by atoms with Crippen LogP contribution in [0.1, 0.15) is 17.8 Å². The molecule has 1 aromatic heterocycles. The summed E-state index contributed by atoms with van der Waals surface area (Å²) in [5, 5.41) is 0. The molecule has 0 saturated carbocycles. The molecule has 1 aliphatic carbocycles. The predicted octanol–water partition coefficient (Wildman–Crippen LogP) is 2.42. The molecule has 0 amide bonds. The van der Waals surface area contributed by atoms with Crippen LogP contribution in [-0.2, 0) is 12.8 Å². The fourth-order valence-electron chi connectivity index (χ4n) is 2.31. The highest BCUT2D eigenvalue weighted by molar-refractivity contribution is 9.10. The first-order valence-electron chi connectivity index (χ1n) is 5.34. The fourth-order valence-corrected chi connectivity index (χ4v) is 2.69. The van der Waals surface area contributed by atoms with Crippen molar-refractivity contribution in [2.24, 2.45) is 0 Å². The minimum atomic E-state index is -0.0252. The van der Waals surface area contributed by atoms with E-state index in [2.05, 4.69) is 20.9 Å². The number of nitrogens with one attached hydrogen (secondary N) is 1. The third-order valence-electron chi connectivity index (χ3n) is 2.99. The summed E-state index contributed by atoms with van der Waals surface area (Å²) in [5.41, 5.74) is 3.15. The number of aromatic nitrogens is 2. The number of fused-ring (bicyclic) bond motifs is 1. The molecule has 1 N–H and O–H groups in total. The standard InChI is InChI=1S/C12H11BrN2O/c13-8-3-1-4-9(7-8)15-11-6-2-5-10(11)14-12(15)16/h1,3-4,7H,2,5-6H2,(H,14,16). The zero-order chi connectivity index (χ0) is 11.1. The average molecular weight is 279 g/mol. The maximum atomic E-state index is 11.9. The highest BCUT2D eigenvalue weighted by Gasteiger charge is 2.19. The summed E-state index contributed by atoms with van der Waals surface area (Å²) in [6.07, 6.45) is 3.11. The van der Waals surface area contributed by atoms with Crippen molar-refractivity contribution >= 4 is 15.9 Å². The van der Waals surface area contributed by atoms with Crippen LogP contribution in [-0.4, -0.2) is 9.55 Å². The zero-order valence-corrected chi connectivity index (χ0v) is 10.3. The van der Waals surface area contributed by atoms with Crippen LogP contribution in [0.2, 0.25) is 0 Å². The van der Waals surface area contributed by atoms with Crippen LogP contribution in [0, 0.1) is 0 Å². The van der Waals surface area contributed by atoms with Gasteiger partial charge in [0, 0.05) is 15.9 Å². The van der Waals surface area contributed by atoms with Gasteiger partial charge in [0.2, 0.25) is 0 Å². The quantitative estimate of drug-likeness (QED) is 0.855. The summed E-state index contributed by atoms with van der Waals surface area (Å²) in [6.45, 7) is 0. The van der Waals surface area contributed by atoms with Crippen molar-refractivity contribution in [3.8, 4) is 5.69 Å². The van der Waals surface area contributed by atoms with Crippen molar-refractivity contribution < 1.29 is 0 Å². The van der Waals surface area contributed by atoms with Crippen molar-refractivity contribution in [1.82, 2.24) is 9.55 Å². The van der Waals surface area contributed by atoms with E-state index in [1.54, 1.807) is 4.57 Å². The molecule has 82 valence electrons. The highest BCUT2D eigenvalue weighted by Crippen LogP contribution is 2.22. The Balaban J connectivity index is 2.24. The molecule has 0 unspecified atom stereocenters. The van der Waals surface area contributed by atoms with E-state index in [-0.39, 0.29) is 5.69 Å². The van der Waals surface area contributed by atoms with Gasteiger partial charge < -0.3 is 4.98 Å². The first kappa shape index (κ1) is 9.90. The molecule has 1 aliphatic rings. The van der Waals surface area contributed by atoms with E-state index in [1.807, 2.05) is 24.3 Å². The van der Waals surface area contributed by atoms with E-state index in [0.29, 0.717) is 0 Å². The number of aryl methyl sites for hydroxylation is 1. The minimum Gasteiger partial charge on any atom is -0.309 e. The maximum Gasteiger partial charge on any atom is 0.330 e. The van der Waals surface area contributed by atoms with Crippen molar-refractivity contribution in [3.05, 3.63) is 50.6 Å². The average Bonchev–Trinajstić information content (AvgIpc) is 2.76. The number of hydrogen-bond donors (Lipinski definition) is 1. The summed E-state index contributed by atoms with van der Waals surface area (Å²) >= 11 is 3.43. The van der Waals surface area contributed by atoms with E-state index in [9.17, 15) is 4.79 Å². The number of benzene rings is 1. The number of halogens is 1. The normalized spacial score (nSPS) is 14.1. The van der Waals surface area contributed by atoms with Gasteiger partial charge in [-0.2, -0.15) is 0 Å². The fraction of sp³-hybridized carbons (Fsp3) is 0.250. The first-order chi connectivity index (χ1) is 7.75. The lowest BCUT2D eigenvalue weighted by Gasteiger charge is -2.05. The van der Waals surface area contributed by atoms with E-state index < -0.39 is 0 Å². The van der Waals surface area contributed by atoms with Crippen LogP contribution in [0.25, 0.3) is 5.69 Å². The topological polar surface area (TPSA) is 37.8 Å². The third-order valence-corrected chi connectivity index (χ3v) is 3.48. The van der Waals surface area contributed by atoms with Crippen molar-refractivity contribution in [2.75, 3.05) is 0 Å². The Morgan fingerprint density at radius 1 is 1.31 bits per heavy atom. The van der Waals surface area contributed by atoms with Crippen molar-refractivity contribution in [1.29, 1.82) is 0 Å². The lowest BCUT2D eigenvalue weighted by molar-refractivity contribution is 0.824. The number of aromatic amines is 1. The van der Waals surface area contributed by atoms with Gasteiger partial charge in [0.25, 0.3) is 0 Å². The molecule has 4 heteroatoms. The van der Waals surface area contributed by atoms with Crippen LogP contribution in [0.3, 0.4) is 0 Å². The Hall–Kier alpha value is -1.29. The molecule has 3 rings (SSSR count). The highest BCUT2D eigenvalue weighted by atomic mass is 79.9. The summed E-state index contributed by atoms with van der Waals surface area (Å²) in [6, 6.07) is 7.83. The Bertz CT molecular complexity index is 597. The van der Waals surface area contributed by atoms with Crippen molar-refractivity contribution in [2.45, 2.75) is 19.3 Å². The lowest BCUT2D eigenvalue weighted by Crippen LogP contribution is -2.17. The Morgan fingerprint density at radius 2 is 2.19 bits per heavy atom. The monoisotopic (exact) mass is 278 g/mol. The summed E-state index contributed by atoms with van der Waals surface area (Å²) in [7, 11) is 0. The predicted molar refractivity (Wildman–Crippen MR) is 66.1 cm³/mol. The minimum absolute atomic E-state index is 0.0252. The van der Waals surface area contributed by atoms with Crippen LogP contribution in [0.5, 0.6) is 0 Å². The molecule has 0 bridgehead atoms. The van der Waals surface area contributed by atoms with Gasteiger partial charge in [0.1, 0.15) is 0 Å². The van der Waals surface area contributed by atoms with Crippen LogP contribution in [0.15, 0.2) is 33.5 Å². The number of hydrogen-bond acceptors (Lipinski definition) is 1. The molecule has 0 saturated heterocycles. The number of rotatable bonds is 1. The molecule has 3 nitrogen and oxygen atoms in total. The summed E-state index contributed by atoms with van der Waals surface area (Å²) in [5.74, 6) is 0. The van der Waals surface area contributed by atoms with Gasteiger partial charge in [0.15, 0.2) is 0 Å². The van der Waals surface area contributed by atoms with E-state index >= 15 is 0 Å². The molecule has 0 atom stereocenters. The second-order valence-electron chi connectivity index (χ2n) is 4.02. The van der Waals surface area contributed by atoms with Crippen molar-refractivity contribution in [3.63, 3.8) is 0 Å². The van der Waals surface area contributed by atoms with Gasteiger partial charge in [-0.1, -0.05) is 22.0 Å². The Morgan fingerprint density at radius 3 is 3.00 bits per heavy atom. The molecule has 1 aromatic carbocycles. The second kappa shape index (κ2) is 3.63. The number of nitrogens with zero attached hydrogens (tertiary/aromatic N) is 1. The lowest BCUT2D eigenvalue weighted by atomic mass is 10.3. The summed E-state index contributed by atoms with van der Waals surface area (Å²) < 4.78 is 2.78. The van der Waals surface area contributed by atoms with E-state index in [1.165, 1.54) is 0 Å². The molecule has 1 heterocycles.